The summed E-state index contributed by atoms with van der Waals surface area (Å²) in [5.41, 5.74) is -0.939. The van der Waals surface area contributed by atoms with Crippen LogP contribution in [0, 0.1) is 29.4 Å². The van der Waals surface area contributed by atoms with Gasteiger partial charge in [-0.25, -0.2) is 8.78 Å². The summed E-state index contributed by atoms with van der Waals surface area (Å²) in [6.07, 6.45) is 3.67. The lowest BCUT2D eigenvalue weighted by atomic mass is 9.91. The molecule has 0 aliphatic heterocycles. The Hall–Kier alpha value is -2.01. The number of benzene rings is 1. The summed E-state index contributed by atoms with van der Waals surface area (Å²) in [5, 5.41) is 39.7. The Morgan fingerprint density at radius 3 is 2.47 bits per heavy atom. The van der Waals surface area contributed by atoms with E-state index in [4.69, 9.17) is 5.11 Å². The molecule has 1 aliphatic carbocycles. The first-order valence-electron chi connectivity index (χ1n) is 10.4. The predicted octanol–water partition coefficient (Wildman–Crippen LogP) is 3.38. The highest BCUT2D eigenvalue weighted by molar-refractivity contribution is 5.66. The van der Waals surface area contributed by atoms with Crippen molar-refractivity contribution in [1.29, 1.82) is 0 Å². The van der Waals surface area contributed by atoms with Crippen LogP contribution in [0.3, 0.4) is 0 Å². The van der Waals surface area contributed by atoms with Crippen LogP contribution in [0.5, 0.6) is 0 Å². The summed E-state index contributed by atoms with van der Waals surface area (Å²) in [6.45, 7) is 0. The van der Waals surface area contributed by atoms with Crippen molar-refractivity contribution in [3.05, 3.63) is 35.4 Å². The predicted molar refractivity (Wildman–Crippen MR) is 107 cm³/mol. The molecule has 166 valence electrons. The molecule has 0 amide bonds. The molecule has 1 unspecified atom stereocenters. The molecule has 4 atom stereocenters. The van der Waals surface area contributed by atoms with Crippen molar-refractivity contribution in [2.75, 3.05) is 0 Å². The zero-order valence-corrected chi connectivity index (χ0v) is 17.0. The minimum Gasteiger partial charge on any atom is -0.481 e. The number of halogens is 2. The monoisotopic (exact) mass is 424 g/mol. The number of aliphatic carboxylic acids is 1. The van der Waals surface area contributed by atoms with Crippen molar-refractivity contribution >= 4 is 5.97 Å². The molecule has 1 aromatic carbocycles. The van der Waals surface area contributed by atoms with E-state index in [9.17, 15) is 28.9 Å². The topological polar surface area (TPSA) is 98.0 Å². The van der Waals surface area contributed by atoms with Crippen LogP contribution >= 0.6 is 0 Å². The summed E-state index contributed by atoms with van der Waals surface area (Å²) in [6, 6.07) is 2.90. The van der Waals surface area contributed by atoms with Gasteiger partial charge in [-0.2, -0.15) is 0 Å². The quantitative estimate of drug-likeness (QED) is 0.341. The largest absolute Gasteiger partial charge is 0.481 e. The van der Waals surface area contributed by atoms with Gasteiger partial charge in [-0.05, 0) is 50.2 Å². The third kappa shape index (κ3) is 8.39. The molecule has 0 aromatic heterocycles. The van der Waals surface area contributed by atoms with E-state index in [1.807, 2.05) is 0 Å². The summed E-state index contributed by atoms with van der Waals surface area (Å²) in [4.78, 5) is 10.5. The van der Waals surface area contributed by atoms with Gasteiger partial charge in [0.1, 0.15) is 17.7 Å². The minimum atomic E-state index is -1.07. The van der Waals surface area contributed by atoms with Gasteiger partial charge in [-0.3, -0.25) is 4.79 Å². The Bertz CT molecular complexity index is 752. The first kappa shape index (κ1) is 24.3. The molecule has 7 heteroatoms. The van der Waals surface area contributed by atoms with Gasteiger partial charge in [0, 0.05) is 24.5 Å². The summed E-state index contributed by atoms with van der Waals surface area (Å²) < 4.78 is 26.3. The number of carboxylic acids is 1. The standard InChI is InChI=1S/C23H30F2O5/c24-18-11-16(12-19(25)13-18)7-8-20(26)9-10-23(30)14-17(21(27)15-23)5-3-1-2-4-6-22(28)29/h11-13,17,20-21,26-27,30H,1-6,9-10,14-15H2,(H,28,29)/t17-,20?,21+,23-/m1/s1. The second kappa shape index (κ2) is 11.4. The molecule has 4 N–H and O–H groups in total. The van der Waals surface area contributed by atoms with Crippen molar-refractivity contribution < 1.29 is 34.0 Å². The van der Waals surface area contributed by atoms with Gasteiger partial charge >= 0.3 is 5.97 Å². The molecule has 2 rings (SSSR count). The lowest BCUT2D eigenvalue weighted by Gasteiger charge is -2.23. The van der Waals surface area contributed by atoms with E-state index in [-0.39, 0.29) is 37.2 Å². The van der Waals surface area contributed by atoms with Crippen molar-refractivity contribution in [2.24, 2.45) is 5.92 Å². The van der Waals surface area contributed by atoms with Crippen LogP contribution in [0.4, 0.5) is 8.78 Å². The van der Waals surface area contributed by atoms with Gasteiger partial charge in [0.25, 0.3) is 0 Å². The molecule has 0 bridgehead atoms. The highest BCUT2D eigenvalue weighted by Gasteiger charge is 2.42. The van der Waals surface area contributed by atoms with Crippen molar-refractivity contribution in [3.8, 4) is 11.8 Å². The Labute approximate surface area is 175 Å². The minimum absolute atomic E-state index is 0.0204. The Kier molecular flexibility index (Phi) is 9.22. The Morgan fingerprint density at radius 2 is 1.80 bits per heavy atom. The van der Waals surface area contributed by atoms with E-state index >= 15 is 0 Å². The SMILES string of the molecule is O=C(O)CCCCCC[C@@H]1C[C@](O)(CCC(O)C#Cc2cc(F)cc(F)c2)C[C@@H]1O. The van der Waals surface area contributed by atoms with Crippen LogP contribution in [-0.2, 0) is 4.79 Å². The van der Waals surface area contributed by atoms with Crippen LogP contribution in [0.15, 0.2) is 18.2 Å². The fourth-order valence-corrected chi connectivity index (χ4v) is 4.07. The highest BCUT2D eigenvalue weighted by atomic mass is 19.1. The summed E-state index contributed by atoms with van der Waals surface area (Å²) >= 11 is 0. The molecule has 5 nitrogen and oxygen atoms in total. The van der Waals surface area contributed by atoms with Crippen LogP contribution in [0.25, 0.3) is 0 Å². The van der Waals surface area contributed by atoms with Gasteiger partial charge in [-0.1, -0.05) is 31.1 Å². The van der Waals surface area contributed by atoms with E-state index in [2.05, 4.69) is 11.8 Å². The fraction of sp³-hybridized carbons (Fsp3) is 0.609. The van der Waals surface area contributed by atoms with Gasteiger partial charge in [0.05, 0.1) is 11.7 Å². The van der Waals surface area contributed by atoms with Crippen LogP contribution < -0.4 is 0 Å². The molecule has 0 spiro atoms. The number of hydrogen-bond acceptors (Lipinski definition) is 4. The maximum absolute atomic E-state index is 13.2. The summed E-state index contributed by atoms with van der Waals surface area (Å²) in [5.74, 6) is 2.78. The molecular formula is C23H30F2O5. The van der Waals surface area contributed by atoms with Gasteiger partial charge < -0.3 is 20.4 Å². The zero-order chi connectivity index (χ0) is 22.1. The number of rotatable bonds is 10. The smallest absolute Gasteiger partial charge is 0.303 e. The van der Waals surface area contributed by atoms with E-state index in [0.717, 1.165) is 43.9 Å². The molecular weight excluding hydrogens is 394 g/mol. The Balaban J connectivity index is 1.74. The molecule has 0 heterocycles. The lowest BCUT2D eigenvalue weighted by Crippen LogP contribution is -2.27. The van der Waals surface area contributed by atoms with Crippen LogP contribution in [0.1, 0.15) is 69.8 Å². The average Bonchev–Trinajstić information content (AvgIpc) is 2.94. The first-order chi connectivity index (χ1) is 14.2. The fourth-order valence-electron chi connectivity index (χ4n) is 4.07. The van der Waals surface area contributed by atoms with Crippen molar-refractivity contribution in [1.82, 2.24) is 0 Å². The Morgan fingerprint density at radius 1 is 1.13 bits per heavy atom. The molecule has 1 aromatic rings. The van der Waals surface area contributed by atoms with Gasteiger partial charge in [0.2, 0.25) is 0 Å². The average molecular weight is 424 g/mol. The van der Waals surface area contributed by atoms with Crippen LogP contribution in [0.2, 0.25) is 0 Å². The third-order valence-corrected chi connectivity index (χ3v) is 5.62. The molecule has 1 fully saturated rings. The van der Waals surface area contributed by atoms with Crippen LogP contribution in [-0.4, -0.2) is 44.2 Å². The zero-order valence-electron chi connectivity index (χ0n) is 17.0. The van der Waals surface area contributed by atoms with E-state index < -0.39 is 35.4 Å². The number of hydrogen-bond donors (Lipinski definition) is 4. The van der Waals surface area contributed by atoms with E-state index in [1.54, 1.807) is 0 Å². The van der Waals surface area contributed by atoms with Crippen molar-refractivity contribution in [2.45, 2.75) is 82.0 Å². The van der Waals surface area contributed by atoms with E-state index in [1.165, 1.54) is 0 Å². The number of carbonyl (C=O) groups is 1. The molecule has 1 saturated carbocycles. The number of aliphatic hydroxyl groups excluding tert-OH is 2. The number of carboxylic acid groups (broad SMARTS) is 1. The molecule has 30 heavy (non-hydrogen) atoms. The highest BCUT2D eigenvalue weighted by Crippen LogP contribution is 2.40. The summed E-state index contributed by atoms with van der Waals surface area (Å²) in [7, 11) is 0. The molecule has 0 saturated heterocycles. The van der Waals surface area contributed by atoms with Crippen molar-refractivity contribution in [3.63, 3.8) is 0 Å². The maximum atomic E-state index is 13.2. The first-order valence-corrected chi connectivity index (χ1v) is 10.4. The van der Waals surface area contributed by atoms with Gasteiger partial charge in [-0.15, -0.1) is 0 Å². The second-order valence-electron chi connectivity index (χ2n) is 8.29. The molecule has 0 radical (unpaired) electrons. The van der Waals surface area contributed by atoms with E-state index in [0.29, 0.717) is 12.8 Å². The number of unbranched alkanes of at least 4 members (excludes halogenated alkanes) is 3. The molecule has 1 aliphatic rings. The normalized spacial score (nSPS) is 24.3. The second-order valence-corrected chi connectivity index (χ2v) is 8.29. The van der Waals surface area contributed by atoms with Gasteiger partial charge in [0.15, 0.2) is 0 Å². The maximum Gasteiger partial charge on any atom is 0.303 e. The number of aliphatic hydroxyl groups is 3. The third-order valence-electron chi connectivity index (χ3n) is 5.62. The lowest BCUT2D eigenvalue weighted by molar-refractivity contribution is -0.137.